The molecule has 4 aromatic carbocycles. The van der Waals surface area contributed by atoms with Gasteiger partial charge in [0.1, 0.15) is 29.0 Å². The molecule has 0 N–H and O–H groups in total. The summed E-state index contributed by atoms with van der Waals surface area (Å²) >= 11 is 0. The number of rotatable bonds is 13. The summed E-state index contributed by atoms with van der Waals surface area (Å²) in [4.78, 5) is 0. The van der Waals surface area contributed by atoms with E-state index in [-0.39, 0.29) is 29.3 Å². The van der Waals surface area contributed by atoms with Crippen molar-refractivity contribution in [2.75, 3.05) is 6.61 Å². The van der Waals surface area contributed by atoms with Crippen LogP contribution >= 0.6 is 0 Å². The molecule has 0 aliphatic heterocycles. The number of ether oxygens (including phenoxy) is 2. The zero-order chi connectivity index (χ0) is 27.8. The highest BCUT2D eigenvalue weighted by molar-refractivity contribution is 5.84. The molecular formula is C32H31F5O2. The van der Waals surface area contributed by atoms with Crippen LogP contribution in [0.2, 0.25) is 0 Å². The first-order valence-electron chi connectivity index (χ1n) is 13.2. The van der Waals surface area contributed by atoms with E-state index < -0.39 is 18.2 Å². The van der Waals surface area contributed by atoms with Crippen LogP contribution in [-0.4, -0.2) is 13.2 Å². The topological polar surface area (TPSA) is 18.5 Å². The largest absolute Gasteiger partial charge is 0.493 e. The van der Waals surface area contributed by atoms with Crippen molar-refractivity contribution in [3.05, 3.63) is 106 Å². The number of halogens is 5. The molecule has 0 aliphatic rings. The molecular weight excluding hydrogens is 511 g/mol. The van der Waals surface area contributed by atoms with Gasteiger partial charge in [-0.2, -0.15) is 8.78 Å². The number of alkyl halides is 2. The SMILES string of the molecule is CCCCCOc1cc(F)c(CCc2ccc3c(F)c(CCc4ccc(OC(F)F)cc4)ccc3c2)c(F)c1. The predicted molar refractivity (Wildman–Crippen MR) is 143 cm³/mol. The molecule has 0 aliphatic carbocycles. The number of hydrogen-bond donors (Lipinski definition) is 0. The van der Waals surface area contributed by atoms with Gasteiger partial charge in [-0.1, -0.05) is 62.2 Å². The quantitative estimate of drug-likeness (QED) is 0.124. The normalized spacial score (nSPS) is 11.4. The molecule has 7 heteroatoms. The highest BCUT2D eigenvalue weighted by Gasteiger charge is 2.14. The van der Waals surface area contributed by atoms with Gasteiger partial charge in [-0.15, -0.1) is 0 Å². The van der Waals surface area contributed by atoms with Gasteiger partial charge in [0.05, 0.1) is 6.61 Å². The fraction of sp³-hybridized carbons (Fsp3) is 0.312. The highest BCUT2D eigenvalue weighted by atomic mass is 19.3. The van der Waals surface area contributed by atoms with Crippen LogP contribution < -0.4 is 9.47 Å². The Bertz CT molecular complexity index is 1360. The van der Waals surface area contributed by atoms with Gasteiger partial charge >= 0.3 is 6.61 Å². The molecule has 2 nitrogen and oxygen atoms in total. The van der Waals surface area contributed by atoms with Gasteiger partial charge in [-0.05, 0) is 66.3 Å². The molecule has 0 saturated heterocycles. The van der Waals surface area contributed by atoms with Crippen molar-refractivity contribution in [2.24, 2.45) is 0 Å². The lowest BCUT2D eigenvalue weighted by Gasteiger charge is -2.11. The molecule has 0 bridgehead atoms. The summed E-state index contributed by atoms with van der Waals surface area (Å²) in [6.45, 7) is -0.383. The summed E-state index contributed by atoms with van der Waals surface area (Å²) in [6.07, 6.45) is 4.41. The lowest BCUT2D eigenvalue weighted by Crippen LogP contribution is -2.03. The molecule has 0 saturated carbocycles. The maximum Gasteiger partial charge on any atom is 0.387 e. The lowest BCUT2D eigenvalue weighted by atomic mass is 9.97. The van der Waals surface area contributed by atoms with Crippen molar-refractivity contribution in [1.82, 2.24) is 0 Å². The van der Waals surface area contributed by atoms with Crippen molar-refractivity contribution < 1.29 is 31.4 Å². The predicted octanol–water partition coefficient (Wildman–Crippen LogP) is 9.00. The molecule has 4 rings (SSSR count). The van der Waals surface area contributed by atoms with Crippen LogP contribution in [0.1, 0.15) is 48.4 Å². The van der Waals surface area contributed by atoms with Crippen molar-refractivity contribution in [1.29, 1.82) is 0 Å². The molecule has 0 fully saturated rings. The van der Waals surface area contributed by atoms with E-state index >= 15 is 4.39 Å². The third-order valence-electron chi connectivity index (χ3n) is 6.72. The third-order valence-corrected chi connectivity index (χ3v) is 6.72. The van der Waals surface area contributed by atoms with E-state index in [1.165, 1.54) is 24.3 Å². The molecule has 39 heavy (non-hydrogen) atoms. The summed E-state index contributed by atoms with van der Waals surface area (Å²) < 4.78 is 78.9. The summed E-state index contributed by atoms with van der Waals surface area (Å²) in [6, 6.07) is 17.6. The Morgan fingerprint density at radius 3 is 2.08 bits per heavy atom. The van der Waals surface area contributed by atoms with Gasteiger partial charge in [0.25, 0.3) is 0 Å². The summed E-state index contributed by atoms with van der Waals surface area (Å²) in [7, 11) is 0. The second kappa shape index (κ2) is 13.5. The van der Waals surface area contributed by atoms with Crippen molar-refractivity contribution in [3.63, 3.8) is 0 Å². The Morgan fingerprint density at radius 1 is 0.692 bits per heavy atom. The fourth-order valence-corrected chi connectivity index (χ4v) is 4.56. The first-order chi connectivity index (χ1) is 18.8. The minimum atomic E-state index is -2.88. The number of unbranched alkanes of at least 4 members (excludes halogenated alkanes) is 2. The van der Waals surface area contributed by atoms with Crippen LogP contribution in [0.4, 0.5) is 22.0 Å². The van der Waals surface area contributed by atoms with E-state index in [0.717, 1.165) is 30.4 Å². The Balaban J connectivity index is 1.38. The lowest BCUT2D eigenvalue weighted by molar-refractivity contribution is -0.0498. The van der Waals surface area contributed by atoms with E-state index in [4.69, 9.17) is 4.74 Å². The second-order valence-electron chi connectivity index (χ2n) is 9.54. The van der Waals surface area contributed by atoms with Crippen LogP contribution in [0.15, 0.2) is 66.7 Å². The number of hydrogen-bond acceptors (Lipinski definition) is 2. The van der Waals surface area contributed by atoms with Crippen LogP contribution in [-0.2, 0) is 25.7 Å². The molecule has 4 aromatic rings. The molecule has 0 atom stereocenters. The minimum absolute atomic E-state index is 0.00587. The molecule has 0 radical (unpaired) electrons. The zero-order valence-corrected chi connectivity index (χ0v) is 21.8. The van der Waals surface area contributed by atoms with Gasteiger partial charge in [0.2, 0.25) is 0 Å². The van der Waals surface area contributed by atoms with Gasteiger partial charge in [-0.25, -0.2) is 13.2 Å². The molecule has 0 spiro atoms. The van der Waals surface area contributed by atoms with Gasteiger partial charge in [0.15, 0.2) is 0 Å². The van der Waals surface area contributed by atoms with E-state index in [1.54, 1.807) is 30.3 Å². The van der Waals surface area contributed by atoms with Crippen molar-refractivity contribution >= 4 is 10.8 Å². The molecule has 0 aromatic heterocycles. The van der Waals surface area contributed by atoms with Crippen LogP contribution in [0.3, 0.4) is 0 Å². The van der Waals surface area contributed by atoms with Crippen molar-refractivity contribution in [3.8, 4) is 11.5 Å². The minimum Gasteiger partial charge on any atom is -0.493 e. The first-order valence-corrected chi connectivity index (χ1v) is 13.2. The second-order valence-corrected chi connectivity index (χ2v) is 9.54. The Hall–Kier alpha value is -3.61. The average molecular weight is 543 g/mol. The van der Waals surface area contributed by atoms with Crippen molar-refractivity contribution in [2.45, 2.75) is 58.5 Å². The Labute approximate surface area is 225 Å². The maximum absolute atomic E-state index is 15.2. The van der Waals surface area contributed by atoms with E-state index in [2.05, 4.69) is 11.7 Å². The van der Waals surface area contributed by atoms with Crippen LogP contribution in [0, 0.1) is 17.5 Å². The Kier molecular flexibility index (Phi) is 9.79. The molecule has 0 heterocycles. The van der Waals surface area contributed by atoms with E-state index in [0.29, 0.717) is 42.2 Å². The van der Waals surface area contributed by atoms with Gasteiger partial charge < -0.3 is 9.47 Å². The monoisotopic (exact) mass is 542 g/mol. The third kappa shape index (κ3) is 7.71. The van der Waals surface area contributed by atoms with Gasteiger partial charge in [-0.3, -0.25) is 0 Å². The van der Waals surface area contributed by atoms with Gasteiger partial charge in [0, 0.05) is 23.1 Å². The highest BCUT2D eigenvalue weighted by Crippen LogP contribution is 2.26. The van der Waals surface area contributed by atoms with E-state index in [1.807, 2.05) is 12.1 Å². The molecule has 0 unspecified atom stereocenters. The maximum atomic E-state index is 15.2. The van der Waals surface area contributed by atoms with E-state index in [9.17, 15) is 17.6 Å². The number of fused-ring (bicyclic) bond motifs is 1. The summed E-state index contributed by atoms with van der Waals surface area (Å²) in [5, 5.41) is 1.18. The first kappa shape index (κ1) is 28.4. The zero-order valence-electron chi connectivity index (χ0n) is 21.8. The fourth-order valence-electron chi connectivity index (χ4n) is 4.56. The average Bonchev–Trinajstić information content (AvgIpc) is 2.91. The Morgan fingerprint density at radius 2 is 1.38 bits per heavy atom. The number of aryl methyl sites for hydroxylation is 3. The van der Waals surface area contributed by atoms with Crippen LogP contribution in [0.25, 0.3) is 10.8 Å². The molecule has 0 amide bonds. The smallest absolute Gasteiger partial charge is 0.387 e. The number of benzene rings is 4. The molecule has 206 valence electrons. The summed E-state index contributed by atoms with van der Waals surface area (Å²) in [5.74, 6) is -1.31. The van der Waals surface area contributed by atoms with Crippen LogP contribution in [0.5, 0.6) is 11.5 Å². The summed E-state index contributed by atoms with van der Waals surface area (Å²) in [5.41, 5.74) is 2.28. The standard InChI is InChI=1S/C32H31F5O2/c1-2-3-4-17-38-26-19-29(33)28(30(34)20-26)16-9-22-8-15-27-24(18-22)12-11-23(31(27)35)10-5-21-6-13-25(14-7-21)39-32(36)37/h6-8,11-15,18-20,32H,2-5,9-10,16-17H2,1H3.